The van der Waals surface area contributed by atoms with E-state index in [1.807, 2.05) is 0 Å². The molecule has 0 bridgehead atoms. The molecule has 1 atom stereocenters. The van der Waals surface area contributed by atoms with E-state index in [0.29, 0.717) is 0 Å². The third kappa shape index (κ3) is 2.04. The van der Waals surface area contributed by atoms with Crippen molar-refractivity contribution in [1.29, 1.82) is 5.26 Å². The zero-order valence-electron chi connectivity index (χ0n) is 9.20. The Kier molecular flexibility index (Phi) is 3.92. The van der Waals surface area contributed by atoms with E-state index in [1.54, 1.807) is 0 Å². The zero-order valence-corrected chi connectivity index (χ0v) is 9.20. The maximum Gasteiger partial charge on any atom is 0.200 e. The van der Waals surface area contributed by atoms with E-state index in [9.17, 15) is 22.0 Å². The number of nitriles is 1. The molecular formula is C11H8F5NO. The number of aliphatic hydroxyl groups is 1. The Morgan fingerprint density at radius 1 is 1.00 bits per heavy atom. The molecule has 0 spiro atoms. The van der Waals surface area contributed by atoms with Gasteiger partial charge in [0.2, 0.25) is 5.82 Å². The monoisotopic (exact) mass is 265 g/mol. The van der Waals surface area contributed by atoms with Crippen molar-refractivity contribution in [2.75, 3.05) is 6.61 Å². The summed E-state index contributed by atoms with van der Waals surface area (Å²) in [4.78, 5) is 0. The Labute approximate surface area is 99.3 Å². The van der Waals surface area contributed by atoms with Gasteiger partial charge in [-0.2, -0.15) is 5.26 Å². The van der Waals surface area contributed by atoms with E-state index >= 15 is 0 Å². The van der Waals surface area contributed by atoms with Gasteiger partial charge in [0.15, 0.2) is 23.3 Å². The summed E-state index contributed by atoms with van der Waals surface area (Å²) in [5.74, 6) is -10.6. The molecular weight excluding hydrogens is 257 g/mol. The second-order valence-corrected chi connectivity index (χ2v) is 3.86. The number of benzene rings is 1. The lowest BCUT2D eigenvalue weighted by molar-refractivity contribution is 0.256. The van der Waals surface area contributed by atoms with Crippen molar-refractivity contribution >= 4 is 0 Å². The molecule has 1 unspecified atom stereocenters. The van der Waals surface area contributed by atoms with Crippen LogP contribution < -0.4 is 0 Å². The van der Waals surface area contributed by atoms with Gasteiger partial charge in [-0.05, 0) is 13.3 Å². The topological polar surface area (TPSA) is 44.0 Å². The minimum absolute atomic E-state index is 0.456. The Hall–Kier alpha value is -1.68. The molecule has 1 N–H and O–H groups in total. The average Bonchev–Trinajstić information content (AvgIpc) is 2.34. The van der Waals surface area contributed by atoms with Crippen LogP contribution in [0.4, 0.5) is 22.0 Å². The quantitative estimate of drug-likeness (QED) is 0.518. The summed E-state index contributed by atoms with van der Waals surface area (Å²) in [5.41, 5.74) is -3.23. The van der Waals surface area contributed by atoms with Crippen LogP contribution in [-0.2, 0) is 5.41 Å². The van der Waals surface area contributed by atoms with Crippen molar-refractivity contribution in [2.45, 2.75) is 18.8 Å². The van der Waals surface area contributed by atoms with Gasteiger partial charge in [0.1, 0.15) is 0 Å². The van der Waals surface area contributed by atoms with Gasteiger partial charge in [0.05, 0.1) is 11.5 Å². The van der Waals surface area contributed by atoms with E-state index in [2.05, 4.69) is 0 Å². The van der Waals surface area contributed by atoms with E-state index in [0.717, 1.165) is 6.92 Å². The molecule has 7 heteroatoms. The number of halogens is 5. The van der Waals surface area contributed by atoms with Gasteiger partial charge >= 0.3 is 0 Å². The summed E-state index contributed by atoms with van der Waals surface area (Å²) in [6, 6.07) is 1.46. The molecule has 0 saturated heterocycles. The number of hydrogen-bond donors (Lipinski definition) is 1. The first-order valence-electron chi connectivity index (χ1n) is 4.84. The zero-order chi connectivity index (χ0) is 14.1. The maximum atomic E-state index is 13.5. The largest absolute Gasteiger partial charge is 0.396 e. The summed E-state index contributed by atoms with van der Waals surface area (Å²) in [6.07, 6.45) is -0.456. The fraction of sp³-hybridized carbons (Fsp3) is 0.364. The number of aliphatic hydroxyl groups excluding tert-OH is 1. The molecule has 1 aromatic rings. The van der Waals surface area contributed by atoms with Gasteiger partial charge in [0.25, 0.3) is 0 Å². The highest BCUT2D eigenvalue weighted by molar-refractivity contribution is 5.35. The SMILES string of the molecule is CC(C#N)(CCO)c1c(F)c(F)c(F)c(F)c1F. The molecule has 1 rings (SSSR count). The van der Waals surface area contributed by atoms with Gasteiger partial charge in [-0.1, -0.05) is 0 Å². The summed E-state index contributed by atoms with van der Waals surface area (Å²) >= 11 is 0. The van der Waals surface area contributed by atoms with Crippen LogP contribution in [0.15, 0.2) is 0 Å². The predicted octanol–water partition coefficient (Wildman–Crippen LogP) is 2.55. The van der Waals surface area contributed by atoms with E-state index in [4.69, 9.17) is 10.4 Å². The molecule has 0 aromatic heterocycles. The van der Waals surface area contributed by atoms with Crippen molar-refractivity contribution in [1.82, 2.24) is 0 Å². The third-order valence-corrected chi connectivity index (χ3v) is 2.62. The first-order chi connectivity index (χ1) is 8.30. The Balaban J connectivity index is 3.66. The summed E-state index contributed by atoms with van der Waals surface area (Å²) in [5, 5.41) is 17.5. The Morgan fingerprint density at radius 3 is 1.72 bits per heavy atom. The lowest BCUT2D eigenvalue weighted by Crippen LogP contribution is -2.26. The normalized spacial score (nSPS) is 14.1. The van der Waals surface area contributed by atoms with Crippen molar-refractivity contribution in [2.24, 2.45) is 0 Å². The van der Waals surface area contributed by atoms with Crippen LogP contribution in [0, 0.1) is 40.4 Å². The number of hydrogen-bond acceptors (Lipinski definition) is 2. The lowest BCUT2D eigenvalue weighted by Gasteiger charge is -2.22. The second kappa shape index (κ2) is 4.90. The Morgan fingerprint density at radius 2 is 1.39 bits per heavy atom. The lowest BCUT2D eigenvalue weighted by atomic mass is 9.80. The second-order valence-electron chi connectivity index (χ2n) is 3.86. The van der Waals surface area contributed by atoms with E-state index < -0.39 is 53.1 Å². The van der Waals surface area contributed by atoms with Crippen LogP contribution in [0.25, 0.3) is 0 Å². The highest BCUT2D eigenvalue weighted by Crippen LogP contribution is 2.34. The number of nitrogens with zero attached hydrogens (tertiary/aromatic N) is 1. The summed E-state index contributed by atoms with van der Waals surface area (Å²) in [7, 11) is 0. The Bertz CT molecular complexity index is 496. The predicted molar refractivity (Wildman–Crippen MR) is 50.9 cm³/mol. The first-order valence-corrected chi connectivity index (χ1v) is 4.84. The van der Waals surface area contributed by atoms with Gasteiger partial charge in [0, 0.05) is 12.2 Å². The van der Waals surface area contributed by atoms with Crippen LogP contribution in [0.3, 0.4) is 0 Å². The minimum atomic E-state index is -2.28. The standard InChI is InChI=1S/C11H8F5NO/c1-11(4-17,2-3-18)5-6(12)8(14)10(16)9(15)7(5)13/h18H,2-3H2,1H3. The molecule has 18 heavy (non-hydrogen) atoms. The summed E-state index contributed by atoms with van der Waals surface area (Å²) in [6.45, 7) is 0.352. The molecule has 98 valence electrons. The van der Waals surface area contributed by atoms with E-state index in [-0.39, 0.29) is 0 Å². The van der Waals surface area contributed by atoms with E-state index in [1.165, 1.54) is 6.07 Å². The highest BCUT2D eigenvalue weighted by Gasteiger charge is 2.37. The third-order valence-electron chi connectivity index (χ3n) is 2.62. The molecule has 0 amide bonds. The van der Waals surface area contributed by atoms with Crippen LogP contribution in [0.5, 0.6) is 0 Å². The molecule has 0 fully saturated rings. The van der Waals surface area contributed by atoms with Crippen LogP contribution in [-0.4, -0.2) is 11.7 Å². The molecule has 1 aromatic carbocycles. The van der Waals surface area contributed by atoms with Gasteiger partial charge in [-0.3, -0.25) is 0 Å². The van der Waals surface area contributed by atoms with Crippen LogP contribution >= 0.6 is 0 Å². The summed E-state index contributed by atoms with van der Waals surface area (Å²) < 4.78 is 65.7. The highest BCUT2D eigenvalue weighted by atomic mass is 19.2. The molecule has 0 aliphatic rings. The molecule has 0 saturated carbocycles. The smallest absolute Gasteiger partial charge is 0.200 e. The van der Waals surface area contributed by atoms with Gasteiger partial charge in [-0.15, -0.1) is 0 Å². The maximum absolute atomic E-state index is 13.5. The van der Waals surface area contributed by atoms with Crippen LogP contribution in [0.2, 0.25) is 0 Å². The van der Waals surface area contributed by atoms with Gasteiger partial charge in [-0.25, -0.2) is 22.0 Å². The van der Waals surface area contributed by atoms with Gasteiger partial charge < -0.3 is 5.11 Å². The van der Waals surface area contributed by atoms with Crippen molar-refractivity contribution in [3.05, 3.63) is 34.6 Å². The average molecular weight is 265 g/mol. The molecule has 0 heterocycles. The molecule has 0 aliphatic carbocycles. The van der Waals surface area contributed by atoms with Crippen LogP contribution in [0.1, 0.15) is 18.9 Å². The molecule has 2 nitrogen and oxygen atoms in total. The van der Waals surface area contributed by atoms with Crippen molar-refractivity contribution in [3.8, 4) is 6.07 Å². The fourth-order valence-electron chi connectivity index (χ4n) is 1.55. The van der Waals surface area contributed by atoms with Crippen molar-refractivity contribution in [3.63, 3.8) is 0 Å². The minimum Gasteiger partial charge on any atom is -0.396 e. The van der Waals surface area contributed by atoms with Crippen molar-refractivity contribution < 1.29 is 27.1 Å². The number of rotatable bonds is 3. The first kappa shape index (κ1) is 14.4. The fourth-order valence-corrected chi connectivity index (χ4v) is 1.55. The molecule has 0 aliphatic heterocycles. The molecule has 0 radical (unpaired) electrons.